The average molecular weight is 261 g/mol. The van der Waals surface area contributed by atoms with Gasteiger partial charge in [0, 0.05) is 19.3 Å². The lowest BCUT2D eigenvalue weighted by molar-refractivity contribution is 0.563. The third-order valence-corrected chi connectivity index (χ3v) is 3.79. The van der Waals surface area contributed by atoms with Crippen molar-refractivity contribution in [2.24, 2.45) is 4.99 Å². The first-order chi connectivity index (χ1) is 7.18. The van der Waals surface area contributed by atoms with Crippen molar-refractivity contribution in [3.8, 4) is 0 Å². The van der Waals surface area contributed by atoms with Crippen molar-refractivity contribution >= 4 is 45.8 Å². The second-order valence-electron chi connectivity index (χ2n) is 3.23. The molecule has 1 heterocycles. The maximum Gasteiger partial charge on any atom is 0.164 e. The van der Waals surface area contributed by atoms with Gasteiger partial charge in [-0.25, -0.2) is 4.99 Å². The van der Waals surface area contributed by atoms with Gasteiger partial charge in [0.15, 0.2) is 5.17 Å². The van der Waals surface area contributed by atoms with Crippen molar-refractivity contribution in [2.45, 2.75) is 0 Å². The number of nitrogens with zero attached hydrogens (tertiary/aromatic N) is 2. The lowest BCUT2D eigenvalue weighted by Gasteiger charge is -2.10. The molecule has 1 aliphatic heterocycles. The number of hydrogen-bond acceptors (Lipinski definition) is 2. The lowest BCUT2D eigenvalue weighted by Crippen LogP contribution is -2.17. The molecule has 80 valence electrons. The molecule has 1 aromatic rings. The number of thioether (sulfide) groups is 1. The minimum absolute atomic E-state index is 0.593. The summed E-state index contributed by atoms with van der Waals surface area (Å²) in [6, 6.07) is 5.42. The molecule has 15 heavy (non-hydrogen) atoms. The van der Waals surface area contributed by atoms with Gasteiger partial charge in [-0.2, -0.15) is 0 Å². The Morgan fingerprint density at radius 1 is 1.33 bits per heavy atom. The molecule has 1 aromatic carbocycles. The summed E-state index contributed by atoms with van der Waals surface area (Å²) in [6.07, 6.45) is 0. The maximum absolute atomic E-state index is 6.04. The molecule has 0 radical (unpaired) electrons. The van der Waals surface area contributed by atoms with E-state index < -0.39 is 0 Å². The molecular formula is C10H10Cl2N2S. The Kier molecular flexibility index (Phi) is 3.44. The Morgan fingerprint density at radius 2 is 2.00 bits per heavy atom. The highest BCUT2D eigenvalue weighted by molar-refractivity contribution is 8.14. The number of rotatable bonds is 1. The Morgan fingerprint density at radius 3 is 2.53 bits per heavy atom. The fraction of sp³-hybridized carbons (Fsp3) is 0.300. The van der Waals surface area contributed by atoms with Gasteiger partial charge in [-0.3, -0.25) is 0 Å². The number of benzene rings is 1. The van der Waals surface area contributed by atoms with E-state index in [0.29, 0.717) is 15.7 Å². The Labute approximate surface area is 103 Å². The number of aliphatic imine (C=N–C) groups is 1. The van der Waals surface area contributed by atoms with E-state index >= 15 is 0 Å². The molecule has 1 saturated heterocycles. The van der Waals surface area contributed by atoms with Crippen molar-refractivity contribution in [1.29, 1.82) is 0 Å². The summed E-state index contributed by atoms with van der Waals surface area (Å²) in [5.74, 6) is 1.07. The maximum atomic E-state index is 6.04. The molecule has 5 heteroatoms. The van der Waals surface area contributed by atoms with Gasteiger partial charge in [0.1, 0.15) is 5.69 Å². The number of amidine groups is 1. The van der Waals surface area contributed by atoms with Crippen LogP contribution in [0.2, 0.25) is 10.0 Å². The van der Waals surface area contributed by atoms with Crippen molar-refractivity contribution in [1.82, 2.24) is 4.90 Å². The summed E-state index contributed by atoms with van der Waals surface area (Å²) >= 11 is 13.8. The first-order valence-electron chi connectivity index (χ1n) is 4.55. The smallest absolute Gasteiger partial charge is 0.164 e. The Bertz CT molecular complexity index is 386. The monoisotopic (exact) mass is 260 g/mol. The van der Waals surface area contributed by atoms with Gasteiger partial charge in [0.25, 0.3) is 0 Å². The largest absolute Gasteiger partial charge is 0.353 e. The molecule has 2 nitrogen and oxygen atoms in total. The van der Waals surface area contributed by atoms with E-state index in [2.05, 4.69) is 9.89 Å². The normalized spacial score (nSPS) is 18.9. The first kappa shape index (κ1) is 11.1. The summed E-state index contributed by atoms with van der Waals surface area (Å²) in [6.45, 7) is 1.02. The van der Waals surface area contributed by atoms with E-state index in [1.807, 2.05) is 13.1 Å². The number of halogens is 2. The van der Waals surface area contributed by atoms with Gasteiger partial charge >= 0.3 is 0 Å². The zero-order chi connectivity index (χ0) is 10.8. The summed E-state index contributed by atoms with van der Waals surface area (Å²) in [5.41, 5.74) is 0.664. The van der Waals surface area contributed by atoms with Crippen LogP contribution < -0.4 is 0 Å². The zero-order valence-electron chi connectivity index (χ0n) is 8.20. The SMILES string of the molecule is CN1CCSC1=Nc1c(Cl)cccc1Cl. The standard InChI is InChI=1S/C10H10Cl2N2S/c1-14-5-6-15-10(14)13-9-7(11)3-2-4-8(9)12/h2-4H,5-6H2,1H3. The molecule has 1 aliphatic rings. The molecule has 0 unspecified atom stereocenters. The molecule has 0 aliphatic carbocycles. The minimum atomic E-state index is 0.593. The Hall–Kier alpha value is -0.380. The molecule has 0 aromatic heterocycles. The van der Waals surface area contributed by atoms with Crippen LogP contribution in [-0.2, 0) is 0 Å². The van der Waals surface area contributed by atoms with Gasteiger partial charge in [-0.05, 0) is 12.1 Å². The fourth-order valence-corrected chi connectivity index (χ4v) is 2.79. The van der Waals surface area contributed by atoms with Gasteiger partial charge < -0.3 is 4.90 Å². The van der Waals surface area contributed by atoms with Gasteiger partial charge in [0.05, 0.1) is 10.0 Å². The minimum Gasteiger partial charge on any atom is -0.353 e. The molecule has 0 atom stereocenters. The highest BCUT2D eigenvalue weighted by atomic mass is 35.5. The van der Waals surface area contributed by atoms with Crippen LogP contribution in [-0.4, -0.2) is 29.4 Å². The lowest BCUT2D eigenvalue weighted by atomic mass is 10.3. The first-order valence-corrected chi connectivity index (χ1v) is 6.29. The Balaban J connectivity index is 2.38. The van der Waals surface area contributed by atoms with E-state index in [1.54, 1.807) is 23.9 Å². The molecule has 0 bridgehead atoms. The second-order valence-corrected chi connectivity index (χ2v) is 5.11. The fourth-order valence-electron chi connectivity index (χ4n) is 1.29. The van der Waals surface area contributed by atoms with Crippen LogP contribution in [0.3, 0.4) is 0 Å². The van der Waals surface area contributed by atoms with Crippen LogP contribution in [0.15, 0.2) is 23.2 Å². The summed E-state index contributed by atoms with van der Waals surface area (Å²) in [5, 5.41) is 2.16. The van der Waals surface area contributed by atoms with Gasteiger partial charge in [-0.1, -0.05) is 41.0 Å². The molecule has 1 fully saturated rings. The predicted molar refractivity (Wildman–Crippen MR) is 68.6 cm³/mol. The molecule has 2 rings (SSSR count). The number of hydrogen-bond donors (Lipinski definition) is 0. The topological polar surface area (TPSA) is 15.6 Å². The van der Waals surface area contributed by atoms with E-state index in [1.165, 1.54) is 0 Å². The summed E-state index contributed by atoms with van der Waals surface area (Å²) in [7, 11) is 2.02. The van der Waals surface area contributed by atoms with Gasteiger partial charge in [-0.15, -0.1) is 0 Å². The van der Waals surface area contributed by atoms with E-state index in [-0.39, 0.29) is 0 Å². The predicted octanol–water partition coefficient (Wildman–Crippen LogP) is 3.66. The van der Waals surface area contributed by atoms with Crippen LogP contribution >= 0.6 is 35.0 Å². The molecule has 0 amide bonds. The quantitative estimate of drug-likeness (QED) is 0.766. The van der Waals surface area contributed by atoms with E-state index in [4.69, 9.17) is 23.2 Å². The second kappa shape index (κ2) is 4.64. The van der Waals surface area contributed by atoms with E-state index in [9.17, 15) is 0 Å². The highest BCUT2D eigenvalue weighted by Crippen LogP contribution is 2.34. The molecule has 0 N–H and O–H groups in total. The van der Waals surface area contributed by atoms with Crippen LogP contribution in [0.1, 0.15) is 0 Å². The van der Waals surface area contributed by atoms with Crippen LogP contribution in [0.4, 0.5) is 5.69 Å². The third-order valence-electron chi connectivity index (χ3n) is 2.13. The van der Waals surface area contributed by atoms with Crippen LogP contribution in [0.25, 0.3) is 0 Å². The average Bonchev–Trinajstić information content (AvgIpc) is 2.58. The van der Waals surface area contributed by atoms with Crippen LogP contribution in [0.5, 0.6) is 0 Å². The van der Waals surface area contributed by atoms with Crippen molar-refractivity contribution in [3.63, 3.8) is 0 Å². The molecule has 0 saturated carbocycles. The number of para-hydroxylation sites is 1. The van der Waals surface area contributed by atoms with E-state index in [0.717, 1.165) is 17.5 Å². The molecular weight excluding hydrogens is 251 g/mol. The summed E-state index contributed by atoms with van der Waals surface area (Å²) < 4.78 is 0. The third kappa shape index (κ3) is 2.41. The molecule has 0 spiro atoms. The highest BCUT2D eigenvalue weighted by Gasteiger charge is 2.16. The van der Waals surface area contributed by atoms with Crippen molar-refractivity contribution < 1.29 is 0 Å². The summed E-state index contributed by atoms with van der Waals surface area (Å²) in [4.78, 5) is 6.58. The van der Waals surface area contributed by atoms with Crippen LogP contribution in [0, 0.1) is 0 Å². The van der Waals surface area contributed by atoms with Gasteiger partial charge in [0.2, 0.25) is 0 Å². The van der Waals surface area contributed by atoms with Crippen molar-refractivity contribution in [3.05, 3.63) is 28.2 Å². The van der Waals surface area contributed by atoms with Crippen molar-refractivity contribution in [2.75, 3.05) is 19.3 Å². The zero-order valence-corrected chi connectivity index (χ0v) is 10.5.